The van der Waals surface area contributed by atoms with Crippen molar-refractivity contribution in [1.29, 1.82) is 0 Å². The van der Waals surface area contributed by atoms with Crippen LogP contribution >= 0.6 is 0 Å². The Hall–Kier alpha value is -3.93. The lowest BCUT2D eigenvalue weighted by atomic mass is 9.97. The van der Waals surface area contributed by atoms with Gasteiger partial charge in [-0.3, -0.25) is 14.7 Å². The van der Waals surface area contributed by atoms with Crippen LogP contribution in [-0.4, -0.2) is 68.4 Å². The first-order valence-corrected chi connectivity index (χ1v) is 12.0. The summed E-state index contributed by atoms with van der Waals surface area (Å²) in [4.78, 5) is 14.3. The molecule has 0 spiro atoms. The average Bonchev–Trinajstić information content (AvgIpc) is 3.20. The number of hydrogen-bond acceptors (Lipinski definition) is 11. The molecule has 3 heterocycles. The summed E-state index contributed by atoms with van der Waals surface area (Å²) in [5, 5.41) is 16.2. The first-order chi connectivity index (χ1) is 17.4. The zero-order valence-electron chi connectivity index (χ0n) is 21.1. The SMILES string of the molecule is CCOC(=O)C1CCN(c2nnc(N)c3c(N)n(-c4ccc(OCNC)cc4OC)c(NC)c23)CC1. The number of esters is 1. The van der Waals surface area contributed by atoms with Gasteiger partial charge in [-0.2, -0.15) is 0 Å². The Labute approximate surface area is 209 Å². The predicted octanol–water partition coefficient (Wildman–Crippen LogP) is 1.97. The zero-order chi connectivity index (χ0) is 25.8. The van der Waals surface area contributed by atoms with Gasteiger partial charge in [0.2, 0.25) is 0 Å². The highest BCUT2D eigenvalue weighted by atomic mass is 16.5. The van der Waals surface area contributed by atoms with Crippen molar-refractivity contribution in [3.8, 4) is 17.2 Å². The molecular formula is C24H34N8O4. The Balaban J connectivity index is 1.79. The van der Waals surface area contributed by atoms with Gasteiger partial charge in [0.1, 0.15) is 29.9 Å². The Morgan fingerprint density at radius 1 is 1.17 bits per heavy atom. The minimum absolute atomic E-state index is 0.121. The van der Waals surface area contributed by atoms with Gasteiger partial charge < -0.3 is 35.9 Å². The molecule has 12 heteroatoms. The van der Waals surface area contributed by atoms with Crippen molar-refractivity contribution in [2.24, 2.45) is 5.92 Å². The third-order valence-electron chi connectivity index (χ3n) is 6.37. The number of ether oxygens (including phenoxy) is 3. The third-order valence-corrected chi connectivity index (χ3v) is 6.37. The maximum absolute atomic E-state index is 12.2. The molecule has 2 aromatic heterocycles. The molecule has 3 aromatic rings. The molecule has 1 aliphatic heterocycles. The van der Waals surface area contributed by atoms with Crippen molar-refractivity contribution >= 4 is 40.0 Å². The fraction of sp³-hybridized carbons (Fsp3) is 0.458. The number of nitrogen functional groups attached to an aromatic ring is 2. The van der Waals surface area contributed by atoms with E-state index in [1.165, 1.54) is 0 Å². The normalized spacial score (nSPS) is 14.2. The molecule has 36 heavy (non-hydrogen) atoms. The van der Waals surface area contributed by atoms with Crippen LogP contribution < -0.4 is 36.5 Å². The lowest BCUT2D eigenvalue weighted by Gasteiger charge is -2.32. The topological polar surface area (TPSA) is 155 Å². The highest BCUT2D eigenvalue weighted by molar-refractivity contribution is 6.13. The second-order valence-electron chi connectivity index (χ2n) is 8.47. The number of piperidine rings is 1. The van der Waals surface area contributed by atoms with Gasteiger partial charge in [-0.05, 0) is 38.9 Å². The molecule has 0 unspecified atom stereocenters. The van der Waals surface area contributed by atoms with Gasteiger partial charge in [0, 0.05) is 26.2 Å². The van der Waals surface area contributed by atoms with E-state index in [4.69, 9.17) is 25.7 Å². The fourth-order valence-corrected chi connectivity index (χ4v) is 4.65. The molecule has 0 bridgehead atoms. The van der Waals surface area contributed by atoms with E-state index >= 15 is 0 Å². The lowest BCUT2D eigenvalue weighted by molar-refractivity contribution is -0.148. The molecule has 194 valence electrons. The number of anilines is 4. The number of nitrogens with two attached hydrogens (primary N) is 2. The highest BCUT2D eigenvalue weighted by Crippen LogP contribution is 2.44. The molecule has 0 atom stereocenters. The molecule has 0 amide bonds. The number of benzene rings is 1. The molecular weight excluding hydrogens is 464 g/mol. The van der Waals surface area contributed by atoms with Gasteiger partial charge in [0.15, 0.2) is 11.6 Å². The lowest BCUT2D eigenvalue weighted by Crippen LogP contribution is -2.37. The van der Waals surface area contributed by atoms with Crippen LogP contribution in [0.4, 0.5) is 23.3 Å². The first kappa shape index (κ1) is 25.2. The monoisotopic (exact) mass is 498 g/mol. The van der Waals surface area contributed by atoms with Gasteiger partial charge >= 0.3 is 5.97 Å². The summed E-state index contributed by atoms with van der Waals surface area (Å²) in [5.74, 6) is 2.96. The average molecular weight is 499 g/mol. The Bertz CT molecular complexity index is 1240. The molecule has 1 saturated heterocycles. The Kier molecular flexibility index (Phi) is 7.53. The smallest absolute Gasteiger partial charge is 0.309 e. The van der Waals surface area contributed by atoms with Gasteiger partial charge in [-0.1, -0.05) is 0 Å². The van der Waals surface area contributed by atoms with Crippen molar-refractivity contribution in [2.45, 2.75) is 19.8 Å². The van der Waals surface area contributed by atoms with Crippen molar-refractivity contribution in [3.63, 3.8) is 0 Å². The van der Waals surface area contributed by atoms with Crippen molar-refractivity contribution in [3.05, 3.63) is 18.2 Å². The summed E-state index contributed by atoms with van der Waals surface area (Å²) in [6.07, 6.45) is 1.33. The number of hydrogen-bond donors (Lipinski definition) is 4. The molecule has 4 rings (SSSR count). The quantitative estimate of drug-likeness (QED) is 0.253. The number of aromatic nitrogens is 3. The van der Waals surface area contributed by atoms with Crippen LogP contribution in [0.15, 0.2) is 18.2 Å². The summed E-state index contributed by atoms with van der Waals surface area (Å²) in [5.41, 5.74) is 13.7. The van der Waals surface area contributed by atoms with Crippen LogP contribution in [0.2, 0.25) is 0 Å². The van der Waals surface area contributed by atoms with E-state index in [0.29, 0.717) is 79.3 Å². The number of nitrogens with one attached hydrogen (secondary N) is 2. The Morgan fingerprint density at radius 3 is 2.56 bits per heavy atom. The van der Waals surface area contributed by atoms with Gasteiger partial charge in [-0.25, -0.2) is 0 Å². The van der Waals surface area contributed by atoms with E-state index in [0.717, 1.165) is 5.39 Å². The molecule has 0 aliphatic carbocycles. The van der Waals surface area contributed by atoms with Crippen molar-refractivity contribution in [1.82, 2.24) is 20.1 Å². The van der Waals surface area contributed by atoms with Gasteiger partial charge in [0.05, 0.1) is 36.1 Å². The highest BCUT2D eigenvalue weighted by Gasteiger charge is 2.31. The zero-order valence-corrected chi connectivity index (χ0v) is 21.1. The van der Waals surface area contributed by atoms with E-state index in [9.17, 15) is 4.79 Å². The van der Waals surface area contributed by atoms with Gasteiger partial charge in [0.25, 0.3) is 0 Å². The Morgan fingerprint density at radius 2 is 1.92 bits per heavy atom. The van der Waals surface area contributed by atoms with Crippen LogP contribution in [0.25, 0.3) is 16.5 Å². The summed E-state index contributed by atoms with van der Waals surface area (Å²) < 4.78 is 18.4. The number of carbonyl (C=O) groups excluding carboxylic acids is 1. The van der Waals surface area contributed by atoms with Crippen LogP contribution in [0.3, 0.4) is 0 Å². The number of carbonyl (C=O) groups is 1. The maximum atomic E-state index is 12.2. The van der Waals surface area contributed by atoms with Gasteiger partial charge in [-0.15, -0.1) is 10.2 Å². The third kappa shape index (κ3) is 4.51. The van der Waals surface area contributed by atoms with E-state index in [1.807, 2.05) is 30.7 Å². The largest absolute Gasteiger partial charge is 0.494 e. The maximum Gasteiger partial charge on any atom is 0.309 e. The van der Waals surface area contributed by atoms with Crippen LogP contribution in [0.1, 0.15) is 19.8 Å². The fourth-order valence-electron chi connectivity index (χ4n) is 4.65. The standard InChI is InChI=1S/C24H34N8O4/c1-5-35-24(33)14-8-10-31(11-9-14)23-19-18(20(25)29-30-23)21(26)32(22(19)28-3)16-7-6-15(36-13-27-2)12-17(16)34-4/h6-7,12,14,27-28H,5,8-11,13,26H2,1-4H3,(H2,25,29). The number of methoxy groups -OCH3 is 1. The summed E-state index contributed by atoms with van der Waals surface area (Å²) in [6.45, 7) is 3.83. The molecule has 1 aromatic carbocycles. The molecule has 12 nitrogen and oxygen atoms in total. The second kappa shape index (κ2) is 10.8. The second-order valence-corrected chi connectivity index (χ2v) is 8.47. The van der Waals surface area contributed by atoms with Crippen LogP contribution in [0.5, 0.6) is 11.5 Å². The molecule has 0 radical (unpaired) electrons. The van der Waals surface area contributed by atoms with Crippen LogP contribution in [0, 0.1) is 5.92 Å². The first-order valence-electron chi connectivity index (χ1n) is 12.0. The molecule has 1 aliphatic rings. The number of fused-ring (bicyclic) bond motifs is 1. The predicted molar refractivity (Wildman–Crippen MR) is 140 cm³/mol. The molecule has 6 N–H and O–H groups in total. The van der Waals surface area contributed by atoms with E-state index in [-0.39, 0.29) is 17.7 Å². The summed E-state index contributed by atoms with van der Waals surface area (Å²) in [6, 6.07) is 5.53. The van der Waals surface area contributed by atoms with Crippen molar-refractivity contribution < 1.29 is 19.0 Å². The summed E-state index contributed by atoms with van der Waals surface area (Å²) in [7, 11) is 5.21. The molecule has 1 fully saturated rings. The van der Waals surface area contributed by atoms with E-state index < -0.39 is 0 Å². The minimum Gasteiger partial charge on any atom is -0.494 e. The van der Waals surface area contributed by atoms with E-state index in [2.05, 4.69) is 25.7 Å². The minimum atomic E-state index is -0.147. The number of rotatable bonds is 9. The summed E-state index contributed by atoms with van der Waals surface area (Å²) >= 11 is 0. The van der Waals surface area contributed by atoms with Crippen LogP contribution in [-0.2, 0) is 9.53 Å². The molecule has 0 saturated carbocycles. The van der Waals surface area contributed by atoms with Crippen molar-refractivity contribution in [2.75, 3.05) is 69.3 Å². The van der Waals surface area contributed by atoms with E-state index in [1.54, 1.807) is 20.2 Å². The number of nitrogens with zero attached hydrogens (tertiary/aromatic N) is 4.